The van der Waals surface area contributed by atoms with Crippen molar-refractivity contribution in [2.75, 3.05) is 0 Å². The summed E-state index contributed by atoms with van der Waals surface area (Å²) in [5.74, 6) is -0.144. The Morgan fingerprint density at radius 2 is 2.10 bits per heavy atom. The van der Waals surface area contributed by atoms with Gasteiger partial charge < -0.3 is 5.73 Å². The molecule has 1 aliphatic carbocycles. The van der Waals surface area contributed by atoms with Gasteiger partial charge in [0.1, 0.15) is 5.82 Å². The average Bonchev–Trinajstić information content (AvgIpc) is 2.54. The first-order valence-corrected chi connectivity index (χ1v) is 7.64. The smallest absolute Gasteiger partial charge is 0.128 e. The van der Waals surface area contributed by atoms with Gasteiger partial charge in [0.05, 0.1) is 5.54 Å². The van der Waals surface area contributed by atoms with Crippen LogP contribution in [0.15, 0.2) is 42.6 Å². The second-order valence-electron chi connectivity index (χ2n) is 5.87. The first-order chi connectivity index (χ1) is 10.2. The maximum atomic E-state index is 14.3. The van der Waals surface area contributed by atoms with Crippen LogP contribution in [0.25, 0.3) is 0 Å². The van der Waals surface area contributed by atoms with Crippen LogP contribution in [-0.2, 0) is 12.0 Å². The molecule has 1 heterocycles. The van der Waals surface area contributed by atoms with E-state index in [0.717, 1.165) is 25.0 Å². The summed E-state index contributed by atoms with van der Waals surface area (Å²) >= 11 is 0. The average molecular weight is 284 g/mol. The quantitative estimate of drug-likeness (QED) is 0.928. The van der Waals surface area contributed by atoms with Crippen LogP contribution in [0.1, 0.15) is 48.9 Å². The number of hydrogen-bond acceptors (Lipinski definition) is 2. The van der Waals surface area contributed by atoms with Crippen molar-refractivity contribution in [3.8, 4) is 0 Å². The van der Waals surface area contributed by atoms with Gasteiger partial charge in [-0.05, 0) is 43.4 Å². The number of aromatic nitrogens is 1. The number of nitrogens with zero attached hydrogens (tertiary/aromatic N) is 1. The highest BCUT2D eigenvalue weighted by Crippen LogP contribution is 2.44. The highest BCUT2D eigenvalue weighted by Gasteiger charge is 2.40. The molecule has 2 nitrogen and oxygen atoms in total. The van der Waals surface area contributed by atoms with E-state index in [-0.39, 0.29) is 11.7 Å². The van der Waals surface area contributed by atoms with E-state index >= 15 is 0 Å². The Bertz CT molecular complexity index is 641. The van der Waals surface area contributed by atoms with Gasteiger partial charge in [0.15, 0.2) is 0 Å². The van der Waals surface area contributed by atoms with Gasteiger partial charge in [0.2, 0.25) is 0 Å². The van der Waals surface area contributed by atoms with Crippen LogP contribution in [0.3, 0.4) is 0 Å². The van der Waals surface area contributed by atoms with Crippen LogP contribution in [0.5, 0.6) is 0 Å². The molecule has 1 aromatic heterocycles. The lowest BCUT2D eigenvalue weighted by Gasteiger charge is -2.40. The fraction of sp³-hybridized carbons (Fsp3) is 0.389. The third-order valence-corrected chi connectivity index (χ3v) is 4.78. The normalized spacial score (nSPS) is 20.6. The van der Waals surface area contributed by atoms with Crippen molar-refractivity contribution >= 4 is 0 Å². The maximum absolute atomic E-state index is 14.3. The molecule has 2 aromatic rings. The lowest BCUT2D eigenvalue weighted by molar-refractivity contribution is 0.293. The first kappa shape index (κ1) is 14.2. The van der Waals surface area contributed by atoms with Crippen molar-refractivity contribution in [3.05, 3.63) is 65.2 Å². The third kappa shape index (κ3) is 2.36. The van der Waals surface area contributed by atoms with E-state index < -0.39 is 5.54 Å². The van der Waals surface area contributed by atoms with Crippen molar-refractivity contribution < 1.29 is 4.39 Å². The summed E-state index contributed by atoms with van der Waals surface area (Å²) < 4.78 is 14.3. The molecular formula is C18H21FN2. The molecule has 0 spiro atoms. The molecule has 2 N–H and O–H groups in total. The van der Waals surface area contributed by atoms with E-state index in [1.165, 1.54) is 11.6 Å². The summed E-state index contributed by atoms with van der Waals surface area (Å²) in [4.78, 5) is 4.57. The van der Waals surface area contributed by atoms with Gasteiger partial charge in [-0.3, -0.25) is 4.98 Å². The molecule has 110 valence electrons. The van der Waals surface area contributed by atoms with Gasteiger partial charge in [0, 0.05) is 23.4 Å². The van der Waals surface area contributed by atoms with Gasteiger partial charge in [0.25, 0.3) is 0 Å². The summed E-state index contributed by atoms with van der Waals surface area (Å²) in [5.41, 5.74) is 8.95. The summed E-state index contributed by atoms with van der Waals surface area (Å²) in [7, 11) is 0. The lowest BCUT2D eigenvalue weighted by atomic mass is 9.69. The predicted octanol–water partition coefficient (Wildman–Crippen LogP) is 3.90. The molecule has 21 heavy (non-hydrogen) atoms. The molecule has 3 rings (SSSR count). The Balaban J connectivity index is 2.11. The highest BCUT2D eigenvalue weighted by molar-refractivity contribution is 5.35. The number of pyridine rings is 1. The van der Waals surface area contributed by atoms with Crippen LogP contribution < -0.4 is 5.73 Å². The van der Waals surface area contributed by atoms with E-state index in [1.807, 2.05) is 31.3 Å². The minimum atomic E-state index is -0.700. The summed E-state index contributed by atoms with van der Waals surface area (Å²) in [6.45, 7) is 2.03. The topological polar surface area (TPSA) is 38.9 Å². The van der Waals surface area contributed by atoms with Gasteiger partial charge in [-0.2, -0.15) is 0 Å². The molecule has 0 fully saturated rings. The SMILES string of the molecule is CCC(N)(c1ccccc1F)C1CCCc2cccnc21. The molecule has 1 aromatic carbocycles. The largest absolute Gasteiger partial charge is 0.321 e. The van der Waals surface area contributed by atoms with E-state index in [9.17, 15) is 4.39 Å². The molecule has 2 atom stereocenters. The zero-order chi connectivity index (χ0) is 14.9. The third-order valence-electron chi connectivity index (χ3n) is 4.78. The number of benzene rings is 1. The van der Waals surface area contributed by atoms with Crippen LogP contribution >= 0.6 is 0 Å². The zero-order valence-electron chi connectivity index (χ0n) is 12.3. The van der Waals surface area contributed by atoms with Gasteiger partial charge in [-0.25, -0.2) is 4.39 Å². The molecule has 0 radical (unpaired) electrons. The molecular weight excluding hydrogens is 263 g/mol. The molecule has 0 aliphatic heterocycles. The number of halogens is 1. The molecule has 0 bridgehead atoms. The Hall–Kier alpha value is -1.74. The van der Waals surface area contributed by atoms with Crippen molar-refractivity contribution in [2.24, 2.45) is 5.73 Å². The summed E-state index contributed by atoms with van der Waals surface area (Å²) in [6, 6.07) is 11.0. The van der Waals surface area contributed by atoms with E-state index in [0.29, 0.717) is 12.0 Å². The van der Waals surface area contributed by atoms with E-state index in [2.05, 4.69) is 11.1 Å². The lowest BCUT2D eigenvalue weighted by Crippen LogP contribution is -2.44. The van der Waals surface area contributed by atoms with E-state index in [1.54, 1.807) is 6.07 Å². The predicted molar refractivity (Wildman–Crippen MR) is 82.5 cm³/mol. The standard InChI is InChI=1S/C18H21FN2/c1-2-18(20,14-9-3-4-11-16(14)19)15-10-5-7-13-8-6-12-21-17(13)15/h3-4,6,8-9,11-12,15H,2,5,7,10,20H2,1H3. The number of rotatable bonds is 3. The summed E-state index contributed by atoms with van der Waals surface area (Å²) in [5, 5.41) is 0. The highest BCUT2D eigenvalue weighted by atomic mass is 19.1. The molecule has 3 heteroatoms. The van der Waals surface area contributed by atoms with Gasteiger partial charge in [-0.15, -0.1) is 0 Å². The number of nitrogens with two attached hydrogens (primary N) is 1. The monoisotopic (exact) mass is 284 g/mol. The van der Waals surface area contributed by atoms with Crippen LogP contribution in [-0.4, -0.2) is 4.98 Å². The number of hydrogen-bond donors (Lipinski definition) is 1. The summed E-state index contributed by atoms with van der Waals surface area (Å²) in [6.07, 6.45) is 5.58. The fourth-order valence-corrected chi connectivity index (χ4v) is 3.57. The Morgan fingerprint density at radius 3 is 2.86 bits per heavy atom. The second-order valence-corrected chi connectivity index (χ2v) is 5.87. The van der Waals surface area contributed by atoms with Crippen molar-refractivity contribution in [1.29, 1.82) is 0 Å². The van der Waals surface area contributed by atoms with Gasteiger partial charge in [-0.1, -0.05) is 31.2 Å². The first-order valence-electron chi connectivity index (χ1n) is 7.64. The maximum Gasteiger partial charge on any atom is 0.128 e. The van der Waals surface area contributed by atoms with Crippen molar-refractivity contribution in [2.45, 2.75) is 44.1 Å². The van der Waals surface area contributed by atoms with Crippen LogP contribution in [0, 0.1) is 5.82 Å². The number of aryl methyl sites for hydroxylation is 1. The van der Waals surface area contributed by atoms with Gasteiger partial charge >= 0.3 is 0 Å². The minimum Gasteiger partial charge on any atom is -0.321 e. The second kappa shape index (κ2) is 5.57. The number of fused-ring (bicyclic) bond motifs is 1. The minimum absolute atomic E-state index is 0.0735. The Kier molecular flexibility index (Phi) is 3.77. The molecule has 2 unspecified atom stereocenters. The zero-order valence-corrected chi connectivity index (χ0v) is 12.3. The van der Waals surface area contributed by atoms with E-state index in [4.69, 9.17) is 5.73 Å². The van der Waals surface area contributed by atoms with Crippen molar-refractivity contribution in [3.63, 3.8) is 0 Å². The molecule has 0 amide bonds. The molecule has 0 saturated heterocycles. The van der Waals surface area contributed by atoms with Crippen LogP contribution in [0.4, 0.5) is 4.39 Å². The Morgan fingerprint density at radius 1 is 1.29 bits per heavy atom. The Labute approximate surface area is 125 Å². The van der Waals surface area contributed by atoms with Crippen LogP contribution in [0.2, 0.25) is 0 Å². The van der Waals surface area contributed by atoms with Crippen molar-refractivity contribution in [1.82, 2.24) is 4.98 Å². The molecule has 0 saturated carbocycles. The molecule has 1 aliphatic rings. The fourth-order valence-electron chi connectivity index (χ4n) is 3.57.